The number of amides is 1. The van der Waals surface area contributed by atoms with Crippen molar-refractivity contribution in [3.05, 3.63) is 81.8 Å². The van der Waals surface area contributed by atoms with Crippen LogP contribution in [0.25, 0.3) is 5.69 Å². The van der Waals surface area contributed by atoms with Gasteiger partial charge in [0.25, 0.3) is 5.91 Å². The van der Waals surface area contributed by atoms with Gasteiger partial charge in [-0.15, -0.1) is 0 Å². The van der Waals surface area contributed by atoms with Crippen LogP contribution in [0.15, 0.2) is 59.2 Å². The first kappa shape index (κ1) is 17.4. The summed E-state index contributed by atoms with van der Waals surface area (Å²) in [6, 6.07) is 14.1. The van der Waals surface area contributed by atoms with E-state index >= 15 is 0 Å². The molecule has 1 amide bonds. The van der Waals surface area contributed by atoms with E-state index in [0.29, 0.717) is 18.5 Å². The van der Waals surface area contributed by atoms with Crippen LogP contribution in [0.1, 0.15) is 21.6 Å². The minimum Gasteiger partial charge on any atom is -0.352 e. The Labute approximate surface area is 153 Å². The molecule has 25 heavy (non-hydrogen) atoms. The van der Waals surface area contributed by atoms with E-state index in [1.807, 2.05) is 37.3 Å². The predicted molar refractivity (Wildman–Crippen MR) is 98.4 cm³/mol. The summed E-state index contributed by atoms with van der Waals surface area (Å²) in [5.74, 6) is -0.451. The van der Waals surface area contributed by atoms with Crippen molar-refractivity contribution in [2.24, 2.45) is 0 Å². The first-order valence-electron chi connectivity index (χ1n) is 7.88. The Balaban J connectivity index is 1.65. The van der Waals surface area contributed by atoms with Gasteiger partial charge >= 0.3 is 0 Å². The second kappa shape index (κ2) is 7.61. The standard InChI is InChI=1S/C19H17BrFN3O/c1-13-18(12-23-24(13)17-7-5-15(20)6-8-17)19(25)22-10-9-14-3-2-4-16(21)11-14/h2-8,11-12H,9-10H2,1H3,(H,22,25). The summed E-state index contributed by atoms with van der Waals surface area (Å²) < 4.78 is 15.9. The molecule has 0 aliphatic heterocycles. The van der Waals surface area contributed by atoms with Crippen molar-refractivity contribution >= 4 is 21.8 Å². The zero-order valence-corrected chi connectivity index (χ0v) is 15.3. The topological polar surface area (TPSA) is 46.9 Å². The number of aromatic nitrogens is 2. The molecule has 3 aromatic rings. The van der Waals surface area contributed by atoms with Gasteiger partial charge in [-0.1, -0.05) is 28.1 Å². The van der Waals surface area contributed by atoms with Crippen LogP contribution >= 0.6 is 15.9 Å². The number of rotatable bonds is 5. The molecule has 0 unspecified atom stereocenters. The average molecular weight is 402 g/mol. The highest BCUT2D eigenvalue weighted by atomic mass is 79.9. The highest BCUT2D eigenvalue weighted by Gasteiger charge is 2.14. The number of hydrogen-bond acceptors (Lipinski definition) is 2. The lowest BCUT2D eigenvalue weighted by Crippen LogP contribution is -2.26. The lowest BCUT2D eigenvalue weighted by molar-refractivity contribution is 0.0953. The van der Waals surface area contributed by atoms with Crippen LogP contribution in [0, 0.1) is 12.7 Å². The van der Waals surface area contributed by atoms with E-state index in [2.05, 4.69) is 26.3 Å². The Morgan fingerprint density at radius 2 is 2.00 bits per heavy atom. The smallest absolute Gasteiger partial charge is 0.254 e. The lowest BCUT2D eigenvalue weighted by Gasteiger charge is -2.07. The molecule has 0 radical (unpaired) electrons. The number of halogens is 2. The number of benzene rings is 2. The normalized spacial score (nSPS) is 10.7. The molecule has 1 aromatic heterocycles. The van der Waals surface area contributed by atoms with Gasteiger partial charge in [-0.25, -0.2) is 9.07 Å². The summed E-state index contributed by atoms with van der Waals surface area (Å²) in [6.45, 7) is 2.29. The van der Waals surface area contributed by atoms with Crippen LogP contribution in [-0.2, 0) is 6.42 Å². The fraction of sp³-hybridized carbons (Fsp3) is 0.158. The quantitative estimate of drug-likeness (QED) is 0.700. The van der Waals surface area contributed by atoms with Crippen molar-refractivity contribution in [2.45, 2.75) is 13.3 Å². The van der Waals surface area contributed by atoms with Crippen LogP contribution in [0.4, 0.5) is 4.39 Å². The summed E-state index contributed by atoms with van der Waals surface area (Å²) in [4.78, 5) is 12.4. The maximum absolute atomic E-state index is 13.2. The summed E-state index contributed by atoms with van der Waals surface area (Å²) in [6.07, 6.45) is 2.14. The molecule has 0 saturated heterocycles. The van der Waals surface area contributed by atoms with Gasteiger partial charge in [-0.05, 0) is 55.3 Å². The van der Waals surface area contributed by atoms with E-state index in [1.165, 1.54) is 12.1 Å². The maximum atomic E-state index is 13.2. The third-order valence-corrected chi connectivity index (χ3v) is 4.44. The van der Waals surface area contributed by atoms with E-state index in [4.69, 9.17) is 0 Å². The minimum absolute atomic E-state index is 0.183. The van der Waals surface area contributed by atoms with Crippen molar-refractivity contribution < 1.29 is 9.18 Å². The van der Waals surface area contributed by atoms with Crippen molar-refractivity contribution in [1.82, 2.24) is 15.1 Å². The molecule has 6 heteroatoms. The highest BCUT2D eigenvalue weighted by Crippen LogP contribution is 2.17. The van der Waals surface area contributed by atoms with Crippen LogP contribution < -0.4 is 5.32 Å². The summed E-state index contributed by atoms with van der Waals surface area (Å²) >= 11 is 3.40. The summed E-state index contributed by atoms with van der Waals surface area (Å²) in [5.41, 5.74) is 3.04. The first-order valence-corrected chi connectivity index (χ1v) is 8.67. The highest BCUT2D eigenvalue weighted by molar-refractivity contribution is 9.10. The molecule has 0 saturated carbocycles. The fourth-order valence-electron chi connectivity index (χ4n) is 2.58. The molecule has 0 fully saturated rings. The van der Waals surface area contributed by atoms with Gasteiger partial charge in [0.2, 0.25) is 0 Å². The van der Waals surface area contributed by atoms with Crippen molar-refractivity contribution in [2.75, 3.05) is 6.54 Å². The van der Waals surface area contributed by atoms with Crippen LogP contribution in [-0.4, -0.2) is 22.2 Å². The molecule has 0 aliphatic carbocycles. The number of nitrogens with one attached hydrogen (secondary N) is 1. The monoisotopic (exact) mass is 401 g/mol. The Hall–Kier alpha value is -2.47. The van der Waals surface area contributed by atoms with E-state index in [0.717, 1.165) is 21.4 Å². The Kier molecular flexibility index (Phi) is 5.28. The Morgan fingerprint density at radius 3 is 2.72 bits per heavy atom. The maximum Gasteiger partial charge on any atom is 0.254 e. The van der Waals surface area contributed by atoms with Gasteiger partial charge in [0.1, 0.15) is 5.82 Å². The summed E-state index contributed by atoms with van der Waals surface area (Å²) in [7, 11) is 0. The van der Waals surface area contributed by atoms with E-state index < -0.39 is 0 Å². The van der Waals surface area contributed by atoms with Crippen LogP contribution in [0.2, 0.25) is 0 Å². The van der Waals surface area contributed by atoms with Gasteiger partial charge in [0.15, 0.2) is 0 Å². The van der Waals surface area contributed by atoms with Crippen LogP contribution in [0.3, 0.4) is 0 Å². The molecule has 0 atom stereocenters. The zero-order valence-electron chi connectivity index (χ0n) is 13.7. The molecular weight excluding hydrogens is 385 g/mol. The van der Waals surface area contributed by atoms with Gasteiger partial charge in [-0.3, -0.25) is 4.79 Å². The first-order chi connectivity index (χ1) is 12.0. The van der Waals surface area contributed by atoms with E-state index in [-0.39, 0.29) is 11.7 Å². The third-order valence-electron chi connectivity index (χ3n) is 3.91. The fourth-order valence-corrected chi connectivity index (χ4v) is 2.85. The third kappa shape index (κ3) is 4.14. The molecule has 128 valence electrons. The molecule has 2 aromatic carbocycles. The predicted octanol–water partition coefficient (Wildman–Crippen LogP) is 4.05. The molecule has 1 N–H and O–H groups in total. The second-order valence-electron chi connectivity index (χ2n) is 5.67. The van der Waals surface area contributed by atoms with E-state index in [9.17, 15) is 9.18 Å². The molecular formula is C19H17BrFN3O. The average Bonchev–Trinajstić information content (AvgIpc) is 2.97. The molecule has 1 heterocycles. The Bertz CT molecular complexity index is 890. The number of carbonyl (C=O) groups is 1. The molecule has 3 rings (SSSR count). The van der Waals surface area contributed by atoms with Crippen molar-refractivity contribution in [1.29, 1.82) is 0 Å². The SMILES string of the molecule is Cc1c(C(=O)NCCc2cccc(F)c2)cnn1-c1ccc(Br)cc1. The number of carbonyl (C=O) groups excluding carboxylic acids is 1. The molecule has 0 bridgehead atoms. The number of nitrogens with zero attached hydrogens (tertiary/aromatic N) is 2. The summed E-state index contributed by atoms with van der Waals surface area (Å²) in [5, 5.41) is 7.16. The van der Waals surface area contributed by atoms with Gasteiger partial charge in [0.05, 0.1) is 23.1 Å². The lowest BCUT2D eigenvalue weighted by atomic mass is 10.1. The number of hydrogen-bond donors (Lipinski definition) is 1. The van der Waals surface area contributed by atoms with E-state index in [1.54, 1.807) is 16.9 Å². The van der Waals surface area contributed by atoms with Crippen LogP contribution in [0.5, 0.6) is 0 Å². The van der Waals surface area contributed by atoms with Crippen molar-refractivity contribution in [3.8, 4) is 5.69 Å². The van der Waals surface area contributed by atoms with Gasteiger partial charge in [-0.2, -0.15) is 5.10 Å². The van der Waals surface area contributed by atoms with Gasteiger partial charge < -0.3 is 5.32 Å². The largest absolute Gasteiger partial charge is 0.352 e. The molecule has 0 aliphatic rings. The second-order valence-corrected chi connectivity index (χ2v) is 6.58. The van der Waals surface area contributed by atoms with Crippen molar-refractivity contribution in [3.63, 3.8) is 0 Å². The zero-order chi connectivity index (χ0) is 17.8. The molecule has 0 spiro atoms. The van der Waals surface area contributed by atoms with Gasteiger partial charge in [0, 0.05) is 11.0 Å². The minimum atomic E-state index is -0.268. The molecule has 4 nitrogen and oxygen atoms in total. The Morgan fingerprint density at radius 1 is 1.24 bits per heavy atom.